The Bertz CT molecular complexity index is 871. The van der Waals surface area contributed by atoms with Crippen LogP contribution in [0.15, 0.2) is 53.4 Å². The molecule has 3 rings (SSSR count). The van der Waals surface area contributed by atoms with Gasteiger partial charge < -0.3 is 10.1 Å². The summed E-state index contributed by atoms with van der Waals surface area (Å²) in [5.41, 5.74) is 0.220. The molecule has 0 aromatic heterocycles. The molecule has 1 heterocycles. The van der Waals surface area contributed by atoms with Gasteiger partial charge in [-0.25, -0.2) is 0 Å². The Morgan fingerprint density at radius 2 is 1.89 bits per heavy atom. The van der Waals surface area contributed by atoms with Crippen molar-refractivity contribution in [2.24, 2.45) is 0 Å². The number of methoxy groups -OCH3 is 1. The first-order valence-corrected chi connectivity index (χ1v) is 9.32. The predicted molar refractivity (Wildman–Crippen MR) is 101 cm³/mol. The summed E-state index contributed by atoms with van der Waals surface area (Å²) in [5.74, 6) is -1.08. The van der Waals surface area contributed by atoms with Crippen molar-refractivity contribution in [1.82, 2.24) is 0 Å². The van der Waals surface area contributed by atoms with Gasteiger partial charge in [-0.15, -0.1) is 11.8 Å². The van der Waals surface area contributed by atoms with E-state index < -0.39 is 30.5 Å². The molecule has 28 heavy (non-hydrogen) atoms. The maximum atomic E-state index is 13.7. The lowest BCUT2D eigenvalue weighted by Crippen LogP contribution is -2.50. The normalized spacial score (nSPS) is 16.8. The van der Waals surface area contributed by atoms with Gasteiger partial charge in [-0.05, 0) is 36.4 Å². The van der Waals surface area contributed by atoms with E-state index in [0.29, 0.717) is 10.6 Å². The Balaban J connectivity index is 1.88. The second-order valence-corrected chi connectivity index (χ2v) is 7.10. The first kappa shape index (κ1) is 20.1. The zero-order valence-corrected chi connectivity index (χ0v) is 15.6. The minimum Gasteiger partial charge on any atom is -0.497 e. The highest BCUT2D eigenvalue weighted by Gasteiger charge is 2.48. The van der Waals surface area contributed by atoms with Gasteiger partial charge in [-0.3, -0.25) is 14.5 Å². The highest BCUT2D eigenvalue weighted by molar-refractivity contribution is 8.00. The van der Waals surface area contributed by atoms with Crippen LogP contribution in [0.2, 0.25) is 0 Å². The summed E-state index contributed by atoms with van der Waals surface area (Å²) < 4.78 is 46.0. The van der Waals surface area contributed by atoms with Crippen LogP contribution < -0.4 is 15.0 Å². The lowest BCUT2D eigenvalue weighted by Gasteiger charge is -2.31. The molecule has 0 aliphatic carbocycles. The van der Waals surface area contributed by atoms with Crippen molar-refractivity contribution in [3.05, 3.63) is 48.5 Å². The van der Waals surface area contributed by atoms with Gasteiger partial charge in [0.2, 0.25) is 11.8 Å². The number of thioether (sulfide) groups is 1. The third kappa shape index (κ3) is 4.41. The van der Waals surface area contributed by atoms with Crippen LogP contribution in [0.1, 0.15) is 6.42 Å². The molecule has 1 aliphatic rings. The van der Waals surface area contributed by atoms with E-state index >= 15 is 0 Å². The van der Waals surface area contributed by atoms with Gasteiger partial charge in [0.05, 0.1) is 30.7 Å². The summed E-state index contributed by atoms with van der Waals surface area (Å²) in [6.45, 7) is 0. The first-order chi connectivity index (χ1) is 13.3. The lowest BCUT2D eigenvalue weighted by molar-refractivity contribution is -0.157. The fraction of sp³-hybridized carbons (Fsp3) is 0.263. The molecule has 0 saturated heterocycles. The summed E-state index contributed by atoms with van der Waals surface area (Å²) >= 11 is 1.12. The number of ether oxygens (including phenoxy) is 1. The standard InChI is InChI=1S/C19H17F3N2O3S/c1-27-12-6-8-13(9-7-12)28-11-18(26)24-15-5-3-2-4-14(15)23-17(25)10-16(24)19(20,21)22/h2-9,16H,10-11H2,1H3,(H,23,25). The second kappa shape index (κ2) is 8.14. The number of carbonyl (C=O) groups is 2. The SMILES string of the molecule is COc1ccc(SCC(=O)N2c3ccccc3NC(=O)CC2C(F)(F)F)cc1. The van der Waals surface area contributed by atoms with Crippen LogP contribution in [0, 0.1) is 0 Å². The van der Waals surface area contributed by atoms with Crippen molar-refractivity contribution in [2.75, 3.05) is 23.1 Å². The van der Waals surface area contributed by atoms with E-state index in [4.69, 9.17) is 4.74 Å². The van der Waals surface area contributed by atoms with E-state index in [0.717, 1.165) is 16.7 Å². The smallest absolute Gasteiger partial charge is 0.409 e. The summed E-state index contributed by atoms with van der Waals surface area (Å²) in [7, 11) is 1.52. The van der Waals surface area contributed by atoms with E-state index in [-0.39, 0.29) is 17.1 Å². The van der Waals surface area contributed by atoms with Crippen LogP contribution >= 0.6 is 11.8 Å². The number of nitrogens with zero attached hydrogens (tertiary/aromatic N) is 1. The number of amides is 2. The summed E-state index contributed by atoms with van der Waals surface area (Å²) in [5, 5.41) is 2.44. The molecule has 0 fully saturated rings. The van der Waals surface area contributed by atoms with Crippen LogP contribution in [0.4, 0.5) is 24.5 Å². The molecule has 0 saturated carbocycles. The van der Waals surface area contributed by atoms with Gasteiger partial charge in [-0.1, -0.05) is 12.1 Å². The number of benzene rings is 2. The fourth-order valence-corrected chi connectivity index (χ4v) is 3.64. The van der Waals surface area contributed by atoms with Crippen LogP contribution in [-0.4, -0.2) is 36.9 Å². The van der Waals surface area contributed by atoms with Gasteiger partial charge in [0.25, 0.3) is 0 Å². The second-order valence-electron chi connectivity index (χ2n) is 6.05. The Morgan fingerprint density at radius 3 is 2.54 bits per heavy atom. The number of alkyl halides is 3. The molecule has 1 unspecified atom stereocenters. The van der Waals surface area contributed by atoms with Gasteiger partial charge in [0.1, 0.15) is 11.8 Å². The minimum atomic E-state index is -4.74. The minimum absolute atomic E-state index is 0.0380. The van der Waals surface area contributed by atoms with Gasteiger partial charge in [0, 0.05) is 4.90 Å². The van der Waals surface area contributed by atoms with Crippen molar-refractivity contribution in [3.63, 3.8) is 0 Å². The maximum absolute atomic E-state index is 13.7. The monoisotopic (exact) mass is 410 g/mol. The zero-order valence-electron chi connectivity index (χ0n) is 14.8. The van der Waals surface area contributed by atoms with Crippen molar-refractivity contribution in [3.8, 4) is 5.75 Å². The molecule has 1 N–H and O–H groups in total. The first-order valence-electron chi connectivity index (χ1n) is 8.34. The Hall–Kier alpha value is -2.68. The average molecular weight is 410 g/mol. The van der Waals surface area contributed by atoms with Gasteiger partial charge in [0.15, 0.2) is 0 Å². The average Bonchev–Trinajstić information content (AvgIpc) is 2.82. The number of halogens is 3. The molecule has 1 aliphatic heterocycles. The zero-order chi connectivity index (χ0) is 20.3. The molecule has 2 amide bonds. The van der Waals surface area contributed by atoms with Crippen LogP contribution in [0.25, 0.3) is 0 Å². The maximum Gasteiger partial charge on any atom is 0.409 e. The largest absolute Gasteiger partial charge is 0.497 e. The van der Waals surface area contributed by atoms with Gasteiger partial charge in [-0.2, -0.15) is 13.2 Å². The molecule has 2 aromatic carbocycles. The number of nitrogens with one attached hydrogen (secondary N) is 1. The highest BCUT2D eigenvalue weighted by Crippen LogP contribution is 2.38. The Morgan fingerprint density at radius 1 is 1.21 bits per heavy atom. The van der Waals surface area contributed by atoms with E-state index in [1.807, 2.05) is 0 Å². The molecule has 1 atom stereocenters. The quantitative estimate of drug-likeness (QED) is 0.772. The van der Waals surface area contributed by atoms with E-state index in [1.54, 1.807) is 30.3 Å². The number of anilines is 2. The predicted octanol–water partition coefficient (Wildman–Crippen LogP) is 4.09. The van der Waals surface area contributed by atoms with Crippen molar-refractivity contribution in [1.29, 1.82) is 0 Å². The summed E-state index contributed by atoms with van der Waals surface area (Å²) in [6, 6.07) is 10.6. The van der Waals surface area contributed by atoms with Crippen molar-refractivity contribution in [2.45, 2.75) is 23.5 Å². The number of fused-ring (bicyclic) bond motifs is 1. The number of rotatable bonds is 4. The van der Waals surface area contributed by atoms with Crippen LogP contribution in [-0.2, 0) is 9.59 Å². The van der Waals surface area contributed by atoms with Crippen LogP contribution in [0.5, 0.6) is 5.75 Å². The lowest BCUT2D eigenvalue weighted by atomic mass is 10.1. The molecule has 0 spiro atoms. The molecular formula is C19H17F3N2O3S. The molecule has 2 aromatic rings. The van der Waals surface area contributed by atoms with E-state index in [1.165, 1.54) is 25.3 Å². The summed E-state index contributed by atoms with van der Waals surface area (Å²) in [6.07, 6.45) is -5.59. The third-order valence-electron chi connectivity index (χ3n) is 4.20. The molecule has 5 nitrogen and oxygen atoms in total. The van der Waals surface area contributed by atoms with Gasteiger partial charge >= 0.3 is 6.18 Å². The topological polar surface area (TPSA) is 58.6 Å². The third-order valence-corrected chi connectivity index (χ3v) is 5.19. The van der Waals surface area contributed by atoms with Crippen molar-refractivity contribution < 1.29 is 27.5 Å². The van der Waals surface area contributed by atoms with E-state index in [9.17, 15) is 22.8 Å². The molecule has 0 radical (unpaired) electrons. The fourth-order valence-electron chi connectivity index (χ4n) is 2.88. The number of hydrogen-bond acceptors (Lipinski definition) is 4. The number of hydrogen-bond donors (Lipinski definition) is 1. The summed E-state index contributed by atoms with van der Waals surface area (Å²) in [4.78, 5) is 26.2. The number of para-hydroxylation sites is 2. The molecular weight excluding hydrogens is 393 g/mol. The number of carbonyl (C=O) groups excluding carboxylic acids is 2. The highest BCUT2D eigenvalue weighted by atomic mass is 32.2. The Kier molecular flexibility index (Phi) is 5.83. The van der Waals surface area contributed by atoms with Crippen LogP contribution in [0.3, 0.4) is 0 Å². The van der Waals surface area contributed by atoms with E-state index in [2.05, 4.69) is 5.32 Å². The molecule has 148 valence electrons. The Labute approximate surface area is 163 Å². The molecule has 0 bridgehead atoms. The molecule has 9 heteroatoms. The van der Waals surface area contributed by atoms with Crippen molar-refractivity contribution >= 4 is 35.0 Å².